The highest BCUT2D eigenvalue weighted by Crippen LogP contribution is 2.25. The molecule has 2 rings (SSSR count). The van der Waals surface area contributed by atoms with Crippen molar-refractivity contribution >= 4 is 0 Å². The first-order valence-electron chi connectivity index (χ1n) is 7.97. The molecule has 0 N–H and O–H groups in total. The van der Waals surface area contributed by atoms with Crippen molar-refractivity contribution in [3.8, 4) is 0 Å². The van der Waals surface area contributed by atoms with Crippen LogP contribution in [0.3, 0.4) is 0 Å². The maximum Gasteiger partial charge on any atom is 0.0222 e. The van der Waals surface area contributed by atoms with E-state index in [0.29, 0.717) is 0 Å². The Hall–Kier alpha value is -0.0800. The second kappa shape index (κ2) is 6.38. The Morgan fingerprint density at radius 2 is 1.56 bits per heavy atom. The molecule has 2 heterocycles. The van der Waals surface area contributed by atoms with Crippen molar-refractivity contribution in [1.29, 1.82) is 0 Å². The summed E-state index contributed by atoms with van der Waals surface area (Å²) in [6.45, 7) is 12.5. The van der Waals surface area contributed by atoms with Gasteiger partial charge in [0.25, 0.3) is 0 Å². The Bertz CT molecular complexity index is 253. The van der Waals surface area contributed by atoms with Crippen LogP contribution >= 0.6 is 0 Å². The van der Waals surface area contributed by atoms with Crippen LogP contribution in [0.15, 0.2) is 0 Å². The molecule has 0 aromatic rings. The van der Waals surface area contributed by atoms with Crippen molar-refractivity contribution in [2.45, 2.75) is 52.5 Å². The van der Waals surface area contributed by atoms with Gasteiger partial charge in [-0.15, -0.1) is 0 Å². The Kier molecular flexibility index (Phi) is 5.08. The SMILES string of the molecule is CC1CCN(CC2CC(C)CCN2C)CC(C)C1. The number of likely N-dealkylation sites (N-methyl/N-ethyl adjacent to an activating group) is 1. The molecule has 2 nitrogen and oxygen atoms in total. The van der Waals surface area contributed by atoms with Crippen LogP contribution in [-0.2, 0) is 0 Å². The van der Waals surface area contributed by atoms with Crippen molar-refractivity contribution in [1.82, 2.24) is 9.80 Å². The fourth-order valence-electron chi connectivity index (χ4n) is 3.86. The van der Waals surface area contributed by atoms with Gasteiger partial charge in [0.05, 0.1) is 0 Å². The predicted molar refractivity (Wildman–Crippen MR) is 78.8 cm³/mol. The minimum atomic E-state index is 0.800. The van der Waals surface area contributed by atoms with E-state index < -0.39 is 0 Å². The molecule has 0 bridgehead atoms. The average molecular weight is 252 g/mol. The summed E-state index contributed by atoms with van der Waals surface area (Å²) in [5, 5.41) is 0. The van der Waals surface area contributed by atoms with Crippen molar-refractivity contribution in [2.24, 2.45) is 17.8 Å². The Balaban J connectivity index is 1.87. The number of rotatable bonds is 2. The molecule has 0 saturated carbocycles. The molecule has 2 aliphatic heterocycles. The maximum absolute atomic E-state index is 2.74. The minimum absolute atomic E-state index is 0.800. The van der Waals surface area contributed by atoms with Gasteiger partial charge < -0.3 is 9.80 Å². The molecule has 0 aromatic heterocycles. The van der Waals surface area contributed by atoms with Crippen LogP contribution in [0, 0.1) is 17.8 Å². The summed E-state index contributed by atoms with van der Waals surface area (Å²) in [4.78, 5) is 5.34. The second-order valence-electron chi connectivity index (χ2n) is 7.26. The summed E-state index contributed by atoms with van der Waals surface area (Å²) in [6.07, 6.45) is 5.61. The van der Waals surface area contributed by atoms with Gasteiger partial charge in [-0.25, -0.2) is 0 Å². The summed E-state index contributed by atoms with van der Waals surface area (Å²) in [7, 11) is 2.32. The number of hydrogen-bond acceptors (Lipinski definition) is 2. The number of likely N-dealkylation sites (tertiary alicyclic amines) is 2. The van der Waals surface area contributed by atoms with E-state index in [9.17, 15) is 0 Å². The molecule has 4 atom stereocenters. The molecule has 106 valence electrons. The number of hydrogen-bond donors (Lipinski definition) is 0. The summed E-state index contributed by atoms with van der Waals surface area (Å²) in [5.41, 5.74) is 0. The standard InChI is InChI=1S/C16H32N2/c1-13-6-8-18(11-15(3)9-13)12-16-10-14(2)5-7-17(16)4/h13-16H,5-12H2,1-4H3. The Morgan fingerprint density at radius 3 is 2.33 bits per heavy atom. The van der Waals surface area contributed by atoms with E-state index in [2.05, 4.69) is 37.6 Å². The lowest BCUT2D eigenvalue weighted by Gasteiger charge is -2.39. The second-order valence-corrected chi connectivity index (χ2v) is 7.26. The monoisotopic (exact) mass is 252 g/mol. The molecule has 0 aliphatic carbocycles. The third-order valence-electron chi connectivity index (χ3n) is 5.05. The smallest absolute Gasteiger partial charge is 0.0222 e. The first-order chi connectivity index (χ1) is 8.54. The molecule has 0 radical (unpaired) electrons. The zero-order chi connectivity index (χ0) is 13.1. The van der Waals surface area contributed by atoms with Gasteiger partial charge in [0.2, 0.25) is 0 Å². The molecule has 18 heavy (non-hydrogen) atoms. The summed E-state index contributed by atoms with van der Waals surface area (Å²) >= 11 is 0. The van der Waals surface area contributed by atoms with Crippen LogP contribution in [0.4, 0.5) is 0 Å². The molecule has 0 amide bonds. The van der Waals surface area contributed by atoms with E-state index in [-0.39, 0.29) is 0 Å². The average Bonchev–Trinajstić information content (AvgIpc) is 2.45. The fraction of sp³-hybridized carbons (Fsp3) is 1.00. The van der Waals surface area contributed by atoms with Gasteiger partial charge in [-0.1, -0.05) is 20.8 Å². The first-order valence-corrected chi connectivity index (χ1v) is 7.97. The third kappa shape index (κ3) is 3.96. The molecular formula is C16H32N2. The molecule has 4 unspecified atom stereocenters. The topological polar surface area (TPSA) is 6.48 Å². The van der Waals surface area contributed by atoms with Gasteiger partial charge in [0, 0.05) is 19.1 Å². The van der Waals surface area contributed by atoms with Gasteiger partial charge in [0.15, 0.2) is 0 Å². The number of nitrogens with zero attached hydrogens (tertiary/aromatic N) is 2. The lowest BCUT2D eigenvalue weighted by Crippen LogP contribution is -2.47. The minimum Gasteiger partial charge on any atom is -0.302 e. The van der Waals surface area contributed by atoms with E-state index in [4.69, 9.17) is 0 Å². The van der Waals surface area contributed by atoms with E-state index in [1.54, 1.807) is 0 Å². The van der Waals surface area contributed by atoms with Crippen LogP contribution in [0.1, 0.15) is 46.5 Å². The van der Waals surface area contributed by atoms with Crippen molar-refractivity contribution in [2.75, 3.05) is 33.2 Å². The molecule has 0 spiro atoms. The van der Waals surface area contributed by atoms with Crippen LogP contribution in [0.25, 0.3) is 0 Å². The van der Waals surface area contributed by atoms with E-state index in [1.165, 1.54) is 51.9 Å². The van der Waals surface area contributed by atoms with Gasteiger partial charge >= 0.3 is 0 Å². The number of piperidine rings is 1. The van der Waals surface area contributed by atoms with Gasteiger partial charge in [-0.3, -0.25) is 0 Å². The summed E-state index contributed by atoms with van der Waals surface area (Å²) < 4.78 is 0. The molecule has 0 aromatic carbocycles. The maximum atomic E-state index is 2.74. The lowest BCUT2D eigenvalue weighted by atomic mass is 9.92. The van der Waals surface area contributed by atoms with E-state index >= 15 is 0 Å². The fourth-order valence-corrected chi connectivity index (χ4v) is 3.86. The molecular weight excluding hydrogens is 220 g/mol. The molecule has 2 aliphatic rings. The molecule has 2 saturated heterocycles. The van der Waals surface area contributed by atoms with Gasteiger partial charge in [-0.2, -0.15) is 0 Å². The highest BCUT2D eigenvalue weighted by molar-refractivity contribution is 4.82. The van der Waals surface area contributed by atoms with E-state index in [1.807, 2.05) is 0 Å². The Labute approximate surface area is 114 Å². The van der Waals surface area contributed by atoms with Crippen LogP contribution < -0.4 is 0 Å². The first kappa shape index (κ1) is 14.3. The van der Waals surface area contributed by atoms with Crippen molar-refractivity contribution in [3.63, 3.8) is 0 Å². The largest absolute Gasteiger partial charge is 0.302 e. The normalized spacial score (nSPS) is 40.7. The van der Waals surface area contributed by atoms with E-state index in [0.717, 1.165) is 23.8 Å². The van der Waals surface area contributed by atoms with Gasteiger partial charge in [0.1, 0.15) is 0 Å². The third-order valence-corrected chi connectivity index (χ3v) is 5.05. The highest BCUT2D eigenvalue weighted by Gasteiger charge is 2.27. The van der Waals surface area contributed by atoms with Crippen LogP contribution in [0.5, 0.6) is 0 Å². The highest BCUT2D eigenvalue weighted by atomic mass is 15.2. The predicted octanol–water partition coefficient (Wildman–Crippen LogP) is 3.08. The van der Waals surface area contributed by atoms with Crippen LogP contribution in [-0.4, -0.2) is 49.1 Å². The van der Waals surface area contributed by atoms with Crippen molar-refractivity contribution < 1.29 is 0 Å². The zero-order valence-corrected chi connectivity index (χ0v) is 12.9. The summed E-state index contributed by atoms with van der Waals surface area (Å²) in [5.74, 6) is 2.73. The Morgan fingerprint density at radius 1 is 0.889 bits per heavy atom. The molecule has 2 fully saturated rings. The lowest BCUT2D eigenvalue weighted by molar-refractivity contribution is 0.102. The summed E-state index contributed by atoms with van der Waals surface area (Å²) in [6, 6.07) is 0.800. The van der Waals surface area contributed by atoms with Gasteiger partial charge in [-0.05, 0) is 63.6 Å². The zero-order valence-electron chi connectivity index (χ0n) is 12.9. The molecule has 2 heteroatoms. The van der Waals surface area contributed by atoms with Crippen molar-refractivity contribution in [3.05, 3.63) is 0 Å². The quantitative estimate of drug-likeness (QED) is 0.745. The van der Waals surface area contributed by atoms with Crippen LogP contribution in [0.2, 0.25) is 0 Å².